The molecule has 0 aliphatic rings. The van der Waals surface area contributed by atoms with E-state index in [2.05, 4.69) is 0 Å². The molecule has 0 unspecified atom stereocenters. The third-order valence-corrected chi connectivity index (χ3v) is 5.55. The minimum absolute atomic E-state index is 0.0235. The number of halogens is 3. The summed E-state index contributed by atoms with van der Waals surface area (Å²) in [6.45, 7) is 0. The first kappa shape index (κ1) is 23.1. The van der Waals surface area contributed by atoms with Gasteiger partial charge in [0.2, 0.25) is 5.78 Å². The van der Waals surface area contributed by atoms with E-state index < -0.39 is 17.5 Å². The van der Waals surface area contributed by atoms with Crippen LogP contribution in [-0.4, -0.2) is 15.6 Å². The minimum Gasteiger partial charge on any atom is -0.453 e. The molecule has 0 spiro atoms. The zero-order valence-electron chi connectivity index (χ0n) is 18.8. The first-order chi connectivity index (χ1) is 17.4. The standard InChI is InChI=1S/C29H19F3N2O2/c30-29(31,32)23-11-7-10-21(18-23)26-16-17-27(36-26)25(35)15-14-22-19-34(24-12-5-2-6-13-24)33-28(22)20-8-3-1-4-9-20/h1-19H/b15-14+. The Morgan fingerprint density at radius 1 is 0.833 bits per heavy atom. The Kier molecular flexibility index (Phi) is 6.12. The number of allylic oxidation sites excluding steroid dienone is 1. The third-order valence-electron chi connectivity index (χ3n) is 5.55. The second kappa shape index (κ2) is 9.54. The second-order valence-corrected chi connectivity index (χ2v) is 8.02. The molecule has 0 aliphatic carbocycles. The molecule has 178 valence electrons. The summed E-state index contributed by atoms with van der Waals surface area (Å²) in [6.07, 6.45) is 0.388. The first-order valence-corrected chi connectivity index (χ1v) is 11.1. The Balaban J connectivity index is 1.43. The Hall–Kier alpha value is -4.65. The second-order valence-electron chi connectivity index (χ2n) is 8.02. The third kappa shape index (κ3) is 4.90. The molecule has 0 saturated heterocycles. The van der Waals surface area contributed by atoms with Crippen molar-refractivity contribution in [3.05, 3.63) is 126 Å². The first-order valence-electron chi connectivity index (χ1n) is 11.1. The van der Waals surface area contributed by atoms with Gasteiger partial charge in [0.25, 0.3) is 0 Å². The lowest BCUT2D eigenvalue weighted by molar-refractivity contribution is -0.137. The zero-order valence-corrected chi connectivity index (χ0v) is 18.8. The van der Waals surface area contributed by atoms with Gasteiger partial charge in [-0.25, -0.2) is 4.68 Å². The van der Waals surface area contributed by atoms with Crippen LogP contribution in [-0.2, 0) is 6.18 Å². The summed E-state index contributed by atoms with van der Waals surface area (Å²) >= 11 is 0. The van der Waals surface area contributed by atoms with Gasteiger partial charge in [-0.2, -0.15) is 18.3 Å². The average Bonchev–Trinajstić information content (AvgIpc) is 3.56. The number of carbonyl (C=O) groups is 1. The van der Waals surface area contributed by atoms with E-state index in [1.165, 1.54) is 30.3 Å². The van der Waals surface area contributed by atoms with Gasteiger partial charge in [0.1, 0.15) is 5.76 Å². The summed E-state index contributed by atoms with van der Waals surface area (Å²) < 4.78 is 46.5. The predicted octanol–water partition coefficient (Wildman–Crippen LogP) is 7.71. The normalized spacial score (nSPS) is 11.8. The maximum absolute atomic E-state index is 13.0. The molecule has 0 atom stereocenters. The van der Waals surface area contributed by atoms with E-state index in [0.717, 1.165) is 28.9 Å². The van der Waals surface area contributed by atoms with Crippen LogP contribution in [0.1, 0.15) is 21.7 Å². The Bertz CT molecular complexity index is 1530. The van der Waals surface area contributed by atoms with Crippen molar-refractivity contribution in [1.29, 1.82) is 0 Å². The lowest BCUT2D eigenvalue weighted by Crippen LogP contribution is -2.04. The fraction of sp³-hybridized carbons (Fsp3) is 0.0345. The molecule has 5 aromatic rings. The van der Waals surface area contributed by atoms with E-state index in [1.807, 2.05) is 66.9 Å². The highest BCUT2D eigenvalue weighted by Crippen LogP contribution is 2.33. The number of alkyl halides is 3. The number of hydrogen-bond acceptors (Lipinski definition) is 3. The van der Waals surface area contributed by atoms with Gasteiger partial charge in [-0.05, 0) is 48.6 Å². The molecule has 0 aliphatic heterocycles. The van der Waals surface area contributed by atoms with Crippen LogP contribution in [0.4, 0.5) is 13.2 Å². The summed E-state index contributed by atoms with van der Waals surface area (Å²) in [7, 11) is 0. The molecule has 5 rings (SSSR count). The molecule has 0 N–H and O–H groups in total. The van der Waals surface area contributed by atoms with Crippen LogP contribution in [0, 0.1) is 0 Å². The number of aromatic nitrogens is 2. The fourth-order valence-corrected chi connectivity index (χ4v) is 3.76. The Labute approximate surface area is 204 Å². The number of carbonyl (C=O) groups excluding carboxylic acids is 1. The van der Waals surface area contributed by atoms with Crippen molar-refractivity contribution in [2.45, 2.75) is 6.18 Å². The van der Waals surface area contributed by atoms with Crippen LogP contribution in [0.5, 0.6) is 0 Å². The number of para-hydroxylation sites is 1. The molecule has 0 amide bonds. The highest BCUT2D eigenvalue weighted by molar-refractivity contribution is 6.05. The van der Waals surface area contributed by atoms with Gasteiger partial charge in [0.15, 0.2) is 5.76 Å². The summed E-state index contributed by atoms with van der Waals surface area (Å²) in [5.41, 5.74) is 2.65. The number of furan rings is 1. The van der Waals surface area contributed by atoms with E-state index in [1.54, 1.807) is 10.8 Å². The van der Waals surface area contributed by atoms with Gasteiger partial charge in [-0.15, -0.1) is 0 Å². The molecular formula is C29H19F3N2O2. The van der Waals surface area contributed by atoms with E-state index in [-0.39, 0.29) is 17.1 Å². The van der Waals surface area contributed by atoms with Crippen molar-refractivity contribution >= 4 is 11.9 Å². The number of rotatable bonds is 6. The molecule has 36 heavy (non-hydrogen) atoms. The molecule has 0 fully saturated rings. The van der Waals surface area contributed by atoms with Crippen LogP contribution in [0.15, 0.2) is 114 Å². The molecule has 4 nitrogen and oxygen atoms in total. The summed E-state index contributed by atoms with van der Waals surface area (Å²) in [5, 5.41) is 4.71. The molecule has 3 aromatic carbocycles. The Morgan fingerprint density at radius 3 is 2.25 bits per heavy atom. The molecule has 2 aromatic heterocycles. The SMILES string of the molecule is O=C(/C=C/c1cn(-c2ccccc2)nc1-c1ccccc1)c1ccc(-c2cccc(C(F)(F)F)c2)o1. The lowest BCUT2D eigenvalue weighted by Gasteiger charge is -2.07. The topological polar surface area (TPSA) is 48.0 Å². The molecule has 0 saturated carbocycles. The predicted molar refractivity (Wildman–Crippen MR) is 132 cm³/mol. The van der Waals surface area contributed by atoms with Crippen molar-refractivity contribution in [2.24, 2.45) is 0 Å². The molecule has 7 heteroatoms. The van der Waals surface area contributed by atoms with Crippen LogP contribution in [0.25, 0.3) is 34.3 Å². The highest BCUT2D eigenvalue weighted by Gasteiger charge is 2.30. The maximum Gasteiger partial charge on any atom is 0.416 e. The zero-order chi connectivity index (χ0) is 25.1. The maximum atomic E-state index is 13.0. The summed E-state index contributed by atoms with van der Waals surface area (Å²) in [6, 6.07) is 26.9. The van der Waals surface area contributed by atoms with Gasteiger partial charge < -0.3 is 4.42 Å². The van der Waals surface area contributed by atoms with Crippen molar-refractivity contribution in [2.75, 3.05) is 0 Å². The van der Waals surface area contributed by atoms with Crippen molar-refractivity contribution in [3.8, 4) is 28.3 Å². The van der Waals surface area contributed by atoms with Crippen LogP contribution in [0.2, 0.25) is 0 Å². The van der Waals surface area contributed by atoms with Crippen molar-refractivity contribution < 1.29 is 22.4 Å². The monoisotopic (exact) mass is 484 g/mol. The fourth-order valence-electron chi connectivity index (χ4n) is 3.76. The Morgan fingerprint density at radius 2 is 1.53 bits per heavy atom. The highest BCUT2D eigenvalue weighted by atomic mass is 19.4. The van der Waals surface area contributed by atoms with Crippen molar-refractivity contribution in [3.63, 3.8) is 0 Å². The lowest BCUT2D eigenvalue weighted by atomic mass is 10.1. The smallest absolute Gasteiger partial charge is 0.416 e. The average molecular weight is 484 g/mol. The molecule has 2 heterocycles. The van der Waals surface area contributed by atoms with E-state index in [9.17, 15) is 18.0 Å². The van der Waals surface area contributed by atoms with Gasteiger partial charge in [0, 0.05) is 22.9 Å². The van der Waals surface area contributed by atoms with Crippen LogP contribution in [0.3, 0.4) is 0 Å². The van der Waals surface area contributed by atoms with Gasteiger partial charge in [0.05, 0.1) is 16.9 Å². The van der Waals surface area contributed by atoms with Crippen LogP contribution < -0.4 is 0 Å². The molecule has 0 bridgehead atoms. The van der Waals surface area contributed by atoms with Gasteiger partial charge >= 0.3 is 6.18 Å². The number of hydrogen-bond donors (Lipinski definition) is 0. The van der Waals surface area contributed by atoms with E-state index in [4.69, 9.17) is 9.52 Å². The van der Waals surface area contributed by atoms with E-state index in [0.29, 0.717) is 5.69 Å². The quantitative estimate of drug-likeness (QED) is 0.183. The summed E-state index contributed by atoms with van der Waals surface area (Å²) in [4.78, 5) is 12.8. The largest absolute Gasteiger partial charge is 0.453 e. The van der Waals surface area contributed by atoms with Crippen molar-refractivity contribution in [1.82, 2.24) is 9.78 Å². The van der Waals surface area contributed by atoms with Crippen LogP contribution >= 0.6 is 0 Å². The number of benzene rings is 3. The van der Waals surface area contributed by atoms with Gasteiger partial charge in [-0.1, -0.05) is 60.7 Å². The van der Waals surface area contributed by atoms with E-state index >= 15 is 0 Å². The number of ketones is 1. The minimum atomic E-state index is -4.47. The van der Waals surface area contributed by atoms with Gasteiger partial charge in [-0.3, -0.25) is 4.79 Å². The number of nitrogens with zero attached hydrogens (tertiary/aromatic N) is 2. The molecule has 0 radical (unpaired) electrons. The molecular weight excluding hydrogens is 465 g/mol. The summed E-state index contributed by atoms with van der Waals surface area (Å²) in [5.74, 6) is -0.213.